The molecular formula is C8H2N10O8. The van der Waals surface area contributed by atoms with Crippen molar-refractivity contribution in [2.24, 2.45) is 10.2 Å². The van der Waals surface area contributed by atoms with Crippen molar-refractivity contribution in [2.45, 2.75) is 0 Å². The highest BCUT2D eigenvalue weighted by Crippen LogP contribution is 2.26. The van der Waals surface area contributed by atoms with E-state index in [1.54, 1.807) is 0 Å². The molecule has 18 nitrogen and oxygen atoms in total. The van der Waals surface area contributed by atoms with Gasteiger partial charge in [0.2, 0.25) is 12.4 Å². The van der Waals surface area contributed by atoms with Crippen molar-refractivity contribution < 1.29 is 19.7 Å². The van der Waals surface area contributed by atoms with Crippen LogP contribution in [0.1, 0.15) is 0 Å². The molecule has 132 valence electrons. The summed E-state index contributed by atoms with van der Waals surface area (Å²) in [4.78, 5) is 51.0. The molecule has 0 atom stereocenters. The van der Waals surface area contributed by atoms with Gasteiger partial charge in [-0.05, 0) is 39.6 Å². The van der Waals surface area contributed by atoms with Gasteiger partial charge in [0.15, 0.2) is 0 Å². The van der Waals surface area contributed by atoms with E-state index in [0.717, 1.165) is 0 Å². The van der Waals surface area contributed by atoms with Gasteiger partial charge in [-0.3, -0.25) is 0 Å². The van der Waals surface area contributed by atoms with Crippen LogP contribution in [0.3, 0.4) is 0 Å². The van der Waals surface area contributed by atoms with Crippen LogP contribution in [0.15, 0.2) is 22.6 Å². The maximum atomic E-state index is 10.7. The molecule has 0 fully saturated rings. The molecule has 0 radical (unpaired) electrons. The molecule has 0 N–H and O–H groups in total. The minimum Gasteiger partial charge on any atom is -0.358 e. The Hall–Kier alpha value is -4.64. The molecule has 0 spiro atoms. The van der Waals surface area contributed by atoms with E-state index in [0.29, 0.717) is 12.4 Å². The van der Waals surface area contributed by atoms with Gasteiger partial charge in [0.25, 0.3) is 0 Å². The third-order valence-corrected chi connectivity index (χ3v) is 2.39. The zero-order valence-corrected chi connectivity index (χ0v) is 11.9. The van der Waals surface area contributed by atoms with E-state index in [1.165, 1.54) is 0 Å². The summed E-state index contributed by atoms with van der Waals surface area (Å²) < 4.78 is 0. The van der Waals surface area contributed by atoms with Gasteiger partial charge in [-0.15, -0.1) is 0 Å². The number of nitrogens with zero attached hydrogens (tertiary/aromatic N) is 10. The van der Waals surface area contributed by atoms with Crippen LogP contribution in [-0.2, 0) is 0 Å². The van der Waals surface area contributed by atoms with Gasteiger partial charge < -0.3 is 40.5 Å². The maximum absolute atomic E-state index is 10.7. The molecule has 2 heterocycles. The number of hydrogen-bond donors (Lipinski definition) is 0. The molecule has 0 unspecified atom stereocenters. The molecule has 0 aliphatic heterocycles. The molecule has 0 aliphatic carbocycles. The molecule has 0 bridgehead atoms. The van der Waals surface area contributed by atoms with Crippen LogP contribution in [0.5, 0.6) is 0 Å². The Labute approximate surface area is 138 Å². The Kier molecular flexibility index (Phi) is 4.67. The largest absolute Gasteiger partial charge is 0.465 e. The van der Waals surface area contributed by atoms with Crippen molar-refractivity contribution in [2.75, 3.05) is 0 Å². The summed E-state index contributed by atoms with van der Waals surface area (Å²) in [7, 11) is 0. The van der Waals surface area contributed by atoms with Crippen LogP contribution < -0.4 is 0 Å². The van der Waals surface area contributed by atoms with Crippen molar-refractivity contribution in [3.05, 3.63) is 52.9 Å². The predicted octanol–water partition coefficient (Wildman–Crippen LogP) is 1.31. The average Bonchev–Trinajstić information content (AvgIpc) is 2.59. The van der Waals surface area contributed by atoms with Gasteiger partial charge in [0.1, 0.15) is 0 Å². The zero-order chi connectivity index (χ0) is 19.4. The van der Waals surface area contributed by atoms with E-state index in [9.17, 15) is 40.5 Å². The van der Waals surface area contributed by atoms with Gasteiger partial charge >= 0.3 is 34.9 Å². The normalized spacial score (nSPS) is 10.6. The highest BCUT2D eigenvalue weighted by atomic mass is 16.6. The second-order valence-corrected chi connectivity index (χ2v) is 3.98. The monoisotopic (exact) mass is 366 g/mol. The Balaban J connectivity index is 2.41. The lowest BCUT2D eigenvalue weighted by atomic mass is 10.5. The van der Waals surface area contributed by atoms with Gasteiger partial charge in [-0.25, -0.2) is 0 Å². The average molecular weight is 366 g/mol. The van der Waals surface area contributed by atoms with E-state index in [4.69, 9.17) is 0 Å². The smallest absolute Gasteiger partial charge is 0.358 e. The first-order chi connectivity index (χ1) is 12.2. The fourth-order valence-electron chi connectivity index (χ4n) is 1.43. The number of rotatable bonds is 6. The summed E-state index contributed by atoms with van der Waals surface area (Å²) in [6, 6.07) is 0. The Bertz CT molecular complexity index is 896. The summed E-state index contributed by atoms with van der Waals surface area (Å²) in [5.74, 6) is -5.76. The van der Waals surface area contributed by atoms with Gasteiger partial charge in [0, 0.05) is 0 Å². The van der Waals surface area contributed by atoms with Crippen LogP contribution >= 0.6 is 0 Å². The van der Waals surface area contributed by atoms with Gasteiger partial charge in [-0.1, -0.05) is 10.2 Å². The fraction of sp³-hybridized carbons (Fsp3) is 0. The molecule has 2 rings (SSSR count). The van der Waals surface area contributed by atoms with Gasteiger partial charge in [-0.2, -0.15) is 0 Å². The van der Waals surface area contributed by atoms with Crippen molar-refractivity contribution in [1.82, 2.24) is 19.9 Å². The standard InChI is InChI=1S/C8H2N10O8/c19-15(20)5-7(17(23)24)11-3(1-9-5)13-14-4-2-10-6(16(21)22)8(12-4)18(25)26/h1-2H/b14-13+. The molecule has 18 heteroatoms. The van der Waals surface area contributed by atoms with Crippen LogP contribution in [0.2, 0.25) is 0 Å². The Morgan fingerprint density at radius 1 is 0.615 bits per heavy atom. The van der Waals surface area contributed by atoms with E-state index in [2.05, 4.69) is 30.2 Å². The summed E-state index contributed by atoms with van der Waals surface area (Å²) in [6.07, 6.45) is 1.36. The molecular weight excluding hydrogens is 364 g/mol. The lowest BCUT2D eigenvalue weighted by Gasteiger charge is -1.94. The topological polar surface area (TPSA) is 249 Å². The minimum absolute atomic E-state index is 0.551. The number of aromatic nitrogens is 4. The highest BCUT2D eigenvalue weighted by molar-refractivity contribution is 5.45. The third kappa shape index (κ3) is 3.64. The number of nitro groups is 4. The first-order valence-corrected chi connectivity index (χ1v) is 5.94. The Morgan fingerprint density at radius 2 is 0.923 bits per heavy atom. The lowest BCUT2D eigenvalue weighted by Crippen LogP contribution is -2.01. The zero-order valence-electron chi connectivity index (χ0n) is 11.9. The van der Waals surface area contributed by atoms with Crippen LogP contribution in [0.4, 0.5) is 34.9 Å². The molecule has 2 aromatic rings. The second-order valence-electron chi connectivity index (χ2n) is 3.98. The second kappa shape index (κ2) is 6.86. The number of hydrogen-bond acceptors (Lipinski definition) is 14. The molecule has 2 aromatic heterocycles. The predicted molar refractivity (Wildman–Crippen MR) is 74.9 cm³/mol. The lowest BCUT2D eigenvalue weighted by molar-refractivity contribution is -0.428. The van der Waals surface area contributed by atoms with Crippen molar-refractivity contribution >= 4 is 34.9 Å². The molecule has 0 aliphatic rings. The molecule has 0 saturated carbocycles. The van der Waals surface area contributed by atoms with Crippen molar-refractivity contribution in [3.8, 4) is 0 Å². The van der Waals surface area contributed by atoms with Gasteiger partial charge in [0.05, 0.1) is 0 Å². The highest BCUT2D eigenvalue weighted by Gasteiger charge is 2.31. The maximum Gasteiger partial charge on any atom is 0.465 e. The van der Waals surface area contributed by atoms with Crippen LogP contribution in [-0.4, -0.2) is 39.6 Å². The molecule has 26 heavy (non-hydrogen) atoms. The summed E-state index contributed by atoms with van der Waals surface area (Å²) in [6.45, 7) is 0. The summed E-state index contributed by atoms with van der Waals surface area (Å²) in [5, 5.41) is 49.4. The quantitative estimate of drug-likeness (QED) is 0.398. The third-order valence-electron chi connectivity index (χ3n) is 2.39. The summed E-state index contributed by atoms with van der Waals surface area (Å²) in [5.41, 5.74) is 0. The fourth-order valence-corrected chi connectivity index (χ4v) is 1.43. The molecule has 0 amide bonds. The van der Waals surface area contributed by atoms with E-state index in [1.807, 2.05) is 0 Å². The first kappa shape index (κ1) is 17.7. The van der Waals surface area contributed by atoms with Crippen molar-refractivity contribution in [3.63, 3.8) is 0 Å². The number of azo groups is 1. The summed E-state index contributed by atoms with van der Waals surface area (Å²) >= 11 is 0. The van der Waals surface area contributed by atoms with Crippen LogP contribution in [0.25, 0.3) is 0 Å². The van der Waals surface area contributed by atoms with Crippen LogP contribution in [0, 0.1) is 40.5 Å². The van der Waals surface area contributed by atoms with E-state index in [-0.39, 0.29) is 0 Å². The SMILES string of the molecule is O=[N+]([O-])c1ncc(/N=N/c2cnc([N+](=O)[O-])c([N+](=O)[O-])n2)nc1[N+](=O)[O-]. The molecule has 0 aromatic carbocycles. The first-order valence-electron chi connectivity index (χ1n) is 5.94. The Morgan fingerprint density at radius 3 is 1.19 bits per heavy atom. The van der Waals surface area contributed by atoms with E-state index >= 15 is 0 Å². The minimum atomic E-state index is -1.20. The van der Waals surface area contributed by atoms with Crippen molar-refractivity contribution in [1.29, 1.82) is 0 Å². The van der Waals surface area contributed by atoms with E-state index < -0.39 is 54.6 Å². The molecule has 0 saturated heterocycles.